The Hall–Kier alpha value is -1.11. The summed E-state index contributed by atoms with van der Waals surface area (Å²) >= 11 is 10.3. The summed E-state index contributed by atoms with van der Waals surface area (Å²) in [4.78, 5) is 11.3. The molecule has 0 radical (unpaired) electrons. The van der Waals surface area contributed by atoms with E-state index in [9.17, 15) is 18.7 Å². The number of hydrogen-bond donors (Lipinski definition) is 2. The van der Waals surface area contributed by atoms with Crippen molar-refractivity contribution in [1.82, 2.24) is 0 Å². The van der Waals surface area contributed by atoms with Crippen molar-refractivity contribution in [3.8, 4) is 5.75 Å². The van der Waals surface area contributed by atoms with Gasteiger partial charge >= 0.3 is 17.1 Å². The fourth-order valence-electron chi connectivity index (χ4n) is 1.28. The molecule has 1 aromatic rings. The molecule has 0 aromatic heterocycles. The highest BCUT2D eigenvalue weighted by molar-refractivity contribution is 6.31. The highest BCUT2D eigenvalue weighted by atomic mass is 35.5. The third kappa shape index (κ3) is 1.92. The molecule has 1 amide bonds. The van der Waals surface area contributed by atoms with Gasteiger partial charge in [0.25, 0.3) is 0 Å². The van der Waals surface area contributed by atoms with Gasteiger partial charge in [-0.2, -0.15) is 8.78 Å². The van der Waals surface area contributed by atoms with E-state index in [1.165, 1.54) is 18.2 Å². The average molecular weight is 284 g/mol. The summed E-state index contributed by atoms with van der Waals surface area (Å²) in [6.45, 7) is 0. The molecule has 1 aliphatic heterocycles. The molecule has 0 spiro atoms. The Morgan fingerprint density at radius 1 is 1.47 bits per heavy atom. The number of fused-ring (bicyclic) bond motifs is 1. The second-order valence-corrected chi connectivity index (χ2v) is 4.25. The summed E-state index contributed by atoms with van der Waals surface area (Å²) in [6, 6.07) is 3.94. The number of carbonyl (C=O) groups is 1. The Bertz CT molecular complexity index is 492. The Labute approximate surface area is 104 Å². The zero-order chi connectivity index (χ0) is 12.8. The molecule has 1 atom stereocenters. The van der Waals surface area contributed by atoms with Crippen molar-refractivity contribution in [3.63, 3.8) is 0 Å². The molecule has 1 aromatic carbocycles. The van der Waals surface area contributed by atoms with E-state index < -0.39 is 17.1 Å². The van der Waals surface area contributed by atoms with Gasteiger partial charge in [0, 0.05) is 11.1 Å². The molecule has 0 saturated heterocycles. The summed E-state index contributed by atoms with van der Waals surface area (Å²) in [5, 5.41) is 7.42. The third-order valence-electron chi connectivity index (χ3n) is 2.14. The summed E-state index contributed by atoms with van der Waals surface area (Å²) in [7, 11) is 0. The standard InChI is InChI=1S/C9H5Cl2F2NO3/c10-4-1-2-5-6(3-4)17-8(16,7(15)14-5)9(11,12)13/h1-3,16H,(H,14,15)/t8-/m0/s1. The van der Waals surface area contributed by atoms with Crippen LogP contribution >= 0.6 is 23.2 Å². The lowest BCUT2D eigenvalue weighted by molar-refractivity contribution is -0.231. The number of alkyl halides is 3. The zero-order valence-corrected chi connectivity index (χ0v) is 9.52. The Morgan fingerprint density at radius 2 is 2.12 bits per heavy atom. The maximum absolute atomic E-state index is 12.9. The van der Waals surface area contributed by atoms with E-state index in [4.69, 9.17) is 11.6 Å². The van der Waals surface area contributed by atoms with Crippen molar-refractivity contribution in [2.45, 2.75) is 11.2 Å². The number of amides is 1. The molecule has 2 N–H and O–H groups in total. The van der Waals surface area contributed by atoms with Crippen LogP contribution in [-0.2, 0) is 4.79 Å². The number of ether oxygens (including phenoxy) is 1. The lowest BCUT2D eigenvalue weighted by Gasteiger charge is -2.34. The molecule has 0 unspecified atom stereocenters. The molecular formula is C9H5Cl2F2NO3. The molecule has 4 nitrogen and oxygen atoms in total. The topological polar surface area (TPSA) is 58.6 Å². The number of rotatable bonds is 1. The van der Waals surface area contributed by atoms with Crippen LogP contribution in [0.15, 0.2) is 18.2 Å². The van der Waals surface area contributed by atoms with E-state index in [1.54, 1.807) is 0 Å². The van der Waals surface area contributed by atoms with Crippen LogP contribution in [0.5, 0.6) is 5.75 Å². The van der Waals surface area contributed by atoms with Crippen LogP contribution < -0.4 is 10.1 Å². The monoisotopic (exact) mass is 283 g/mol. The van der Waals surface area contributed by atoms with E-state index in [2.05, 4.69) is 16.3 Å². The number of nitrogens with one attached hydrogen (secondary N) is 1. The maximum atomic E-state index is 12.9. The molecule has 92 valence electrons. The fraction of sp³-hybridized carbons (Fsp3) is 0.222. The minimum atomic E-state index is -4.28. The Morgan fingerprint density at radius 3 is 2.71 bits per heavy atom. The minimum absolute atomic E-state index is 0.116. The first kappa shape index (κ1) is 12.3. The molecule has 0 aliphatic carbocycles. The van der Waals surface area contributed by atoms with Gasteiger partial charge in [0.05, 0.1) is 5.69 Å². The van der Waals surface area contributed by atoms with Crippen molar-refractivity contribution < 1.29 is 23.4 Å². The van der Waals surface area contributed by atoms with Crippen molar-refractivity contribution in [2.75, 3.05) is 5.32 Å². The Balaban J connectivity index is 2.48. The second kappa shape index (κ2) is 3.69. The molecule has 17 heavy (non-hydrogen) atoms. The molecule has 1 heterocycles. The zero-order valence-electron chi connectivity index (χ0n) is 8.01. The first-order chi connectivity index (χ1) is 7.74. The third-order valence-corrected chi connectivity index (χ3v) is 2.63. The van der Waals surface area contributed by atoms with E-state index in [-0.39, 0.29) is 16.5 Å². The average Bonchev–Trinajstić information content (AvgIpc) is 2.18. The minimum Gasteiger partial charge on any atom is -0.445 e. The van der Waals surface area contributed by atoms with E-state index in [0.717, 1.165) is 0 Å². The highest BCUT2D eigenvalue weighted by Crippen LogP contribution is 2.42. The molecule has 8 heteroatoms. The molecule has 0 saturated carbocycles. The molecular weight excluding hydrogens is 279 g/mol. The van der Waals surface area contributed by atoms with Gasteiger partial charge in [0.1, 0.15) is 5.75 Å². The summed E-state index contributed by atoms with van der Waals surface area (Å²) < 4.78 is 30.4. The summed E-state index contributed by atoms with van der Waals surface area (Å²) in [6.07, 6.45) is 0. The molecule has 0 bridgehead atoms. The van der Waals surface area contributed by atoms with Gasteiger partial charge in [-0.15, -0.1) is 0 Å². The van der Waals surface area contributed by atoms with Crippen molar-refractivity contribution in [1.29, 1.82) is 0 Å². The molecule has 2 rings (SSSR count). The fourth-order valence-corrected chi connectivity index (χ4v) is 1.57. The SMILES string of the molecule is O=C1Nc2ccc(Cl)cc2O[C@]1(O)C(F)(F)Cl. The number of hydrogen-bond acceptors (Lipinski definition) is 3. The van der Waals surface area contributed by atoms with Gasteiger partial charge in [-0.05, 0) is 23.7 Å². The number of halogens is 4. The largest absolute Gasteiger partial charge is 0.445 e. The highest BCUT2D eigenvalue weighted by Gasteiger charge is 2.62. The van der Waals surface area contributed by atoms with E-state index in [0.29, 0.717) is 0 Å². The van der Waals surface area contributed by atoms with Crippen LogP contribution in [0.4, 0.5) is 14.5 Å². The van der Waals surface area contributed by atoms with Crippen molar-refractivity contribution in [3.05, 3.63) is 23.2 Å². The first-order valence-corrected chi connectivity index (χ1v) is 5.09. The van der Waals surface area contributed by atoms with Crippen LogP contribution in [0.3, 0.4) is 0 Å². The predicted molar refractivity (Wildman–Crippen MR) is 56.5 cm³/mol. The summed E-state index contributed by atoms with van der Waals surface area (Å²) in [5.74, 6) is -5.11. The maximum Gasteiger partial charge on any atom is 0.395 e. The normalized spacial score (nSPS) is 23.7. The van der Waals surface area contributed by atoms with Crippen LogP contribution in [-0.4, -0.2) is 22.2 Å². The summed E-state index contributed by atoms with van der Waals surface area (Å²) in [5.41, 5.74) is 0.116. The lowest BCUT2D eigenvalue weighted by Crippen LogP contribution is -2.60. The predicted octanol–water partition coefficient (Wildman–Crippen LogP) is 2.19. The van der Waals surface area contributed by atoms with E-state index >= 15 is 0 Å². The van der Waals surface area contributed by atoms with Gasteiger partial charge in [-0.25, -0.2) is 0 Å². The quantitative estimate of drug-likeness (QED) is 0.777. The number of benzene rings is 1. The van der Waals surface area contributed by atoms with Crippen LogP contribution in [0.2, 0.25) is 5.02 Å². The van der Waals surface area contributed by atoms with Gasteiger partial charge in [0.15, 0.2) is 0 Å². The van der Waals surface area contributed by atoms with Crippen LogP contribution in [0.25, 0.3) is 0 Å². The van der Waals surface area contributed by atoms with Crippen molar-refractivity contribution >= 4 is 34.8 Å². The second-order valence-electron chi connectivity index (χ2n) is 3.34. The van der Waals surface area contributed by atoms with Gasteiger partial charge < -0.3 is 15.2 Å². The van der Waals surface area contributed by atoms with Crippen LogP contribution in [0.1, 0.15) is 0 Å². The molecule has 0 fully saturated rings. The molecule has 1 aliphatic rings. The lowest BCUT2D eigenvalue weighted by atomic mass is 10.2. The number of carbonyl (C=O) groups excluding carboxylic acids is 1. The number of aliphatic hydroxyl groups is 1. The smallest absolute Gasteiger partial charge is 0.395 e. The van der Waals surface area contributed by atoms with Crippen molar-refractivity contribution in [2.24, 2.45) is 0 Å². The van der Waals surface area contributed by atoms with Gasteiger partial charge in [-0.1, -0.05) is 11.6 Å². The van der Waals surface area contributed by atoms with E-state index in [1.807, 2.05) is 5.32 Å². The van der Waals surface area contributed by atoms with Gasteiger partial charge in [0.2, 0.25) is 0 Å². The number of anilines is 1. The van der Waals surface area contributed by atoms with Gasteiger partial charge in [-0.3, -0.25) is 4.79 Å². The van der Waals surface area contributed by atoms with Crippen LogP contribution in [0, 0.1) is 0 Å². The first-order valence-electron chi connectivity index (χ1n) is 4.33. The Kier molecular flexibility index (Phi) is 2.68.